The first-order chi connectivity index (χ1) is 12.2. The lowest BCUT2D eigenvalue weighted by molar-refractivity contribution is -0.124. The number of nitrogens with zero attached hydrogens (tertiary/aromatic N) is 2. The van der Waals surface area contributed by atoms with Gasteiger partial charge in [-0.1, -0.05) is 6.07 Å². The van der Waals surface area contributed by atoms with Crippen molar-refractivity contribution in [3.63, 3.8) is 0 Å². The van der Waals surface area contributed by atoms with E-state index in [4.69, 9.17) is 9.15 Å². The van der Waals surface area contributed by atoms with Crippen molar-refractivity contribution in [2.24, 2.45) is 11.3 Å². The van der Waals surface area contributed by atoms with E-state index in [0.29, 0.717) is 25.5 Å². The fourth-order valence-corrected chi connectivity index (χ4v) is 4.04. The molecular weight excluding hydrogens is 318 g/mol. The number of fused-ring (bicyclic) bond motifs is 1. The number of furan rings is 1. The molecule has 4 heterocycles. The van der Waals surface area contributed by atoms with E-state index in [1.807, 2.05) is 24.4 Å². The monoisotopic (exact) mass is 341 g/mol. The van der Waals surface area contributed by atoms with E-state index < -0.39 is 0 Å². The number of likely N-dealkylation sites (tertiary alicyclic amines) is 1. The Balaban J connectivity index is 1.36. The Hall–Kier alpha value is -2.18. The summed E-state index contributed by atoms with van der Waals surface area (Å²) >= 11 is 0. The van der Waals surface area contributed by atoms with Crippen LogP contribution in [0.25, 0.3) is 0 Å². The molecule has 2 aromatic rings. The third-order valence-electron chi connectivity index (χ3n) is 5.27. The highest BCUT2D eigenvalue weighted by molar-refractivity contribution is 5.76. The number of aromatic nitrogens is 1. The van der Waals surface area contributed by atoms with Gasteiger partial charge >= 0.3 is 0 Å². The van der Waals surface area contributed by atoms with Crippen molar-refractivity contribution in [2.75, 3.05) is 26.3 Å². The van der Waals surface area contributed by atoms with Gasteiger partial charge in [0.05, 0.1) is 26.0 Å². The lowest BCUT2D eigenvalue weighted by Gasteiger charge is -2.26. The third kappa shape index (κ3) is 3.60. The molecular formula is C19H23N3O3. The van der Waals surface area contributed by atoms with Gasteiger partial charge in [-0.15, -0.1) is 0 Å². The van der Waals surface area contributed by atoms with Crippen molar-refractivity contribution in [2.45, 2.75) is 19.5 Å². The average Bonchev–Trinajstić information content (AvgIpc) is 3.30. The zero-order valence-corrected chi connectivity index (χ0v) is 14.2. The molecule has 0 bridgehead atoms. The number of ether oxygens (including phenoxy) is 1. The molecule has 132 valence electrons. The lowest BCUT2D eigenvalue weighted by Crippen LogP contribution is -2.37. The van der Waals surface area contributed by atoms with Crippen LogP contribution < -0.4 is 5.32 Å². The second kappa shape index (κ2) is 6.98. The summed E-state index contributed by atoms with van der Waals surface area (Å²) in [5.74, 6) is 1.25. The fraction of sp³-hybridized carbons (Fsp3) is 0.474. The summed E-state index contributed by atoms with van der Waals surface area (Å²) in [7, 11) is 0. The minimum atomic E-state index is -0.0740. The molecule has 1 amide bonds. The molecule has 0 aliphatic carbocycles. The van der Waals surface area contributed by atoms with Gasteiger partial charge in [-0.25, -0.2) is 0 Å². The lowest BCUT2D eigenvalue weighted by atomic mass is 9.78. The number of amides is 1. The SMILES string of the molecule is O=C(C[C@@]12COC[C@@H]1CN(Cc1cccnc1)C2)NCc1ccco1. The summed E-state index contributed by atoms with van der Waals surface area (Å²) in [5.41, 5.74) is 1.14. The second-order valence-corrected chi connectivity index (χ2v) is 7.14. The summed E-state index contributed by atoms with van der Waals surface area (Å²) < 4.78 is 11.0. The topological polar surface area (TPSA) is 67.6 Å². The third-order valence-corrected chi connectivity index (χ3v) is 5.27. The summed E-state index contributed by atoms with van der Waals surface area (Å²) in [4.78, 5) is 19.1. The Labute approximate surface area is 147 Å². The van der Waals surface area contributed by atoms with Crippen molar-refractivity contribution >= 4 is 5.91 Å². The maximum atomic E-state index is 12.5. The molecule has 0 saturated carbocycles. The van der Waals surface area contributed by atoms with Gasteiger partial charge in [-0.05, 0) is 23.8 Å². The predicted molar refractivity (Wildman–Crippen MR) is 91.4 cm³/mol. The Bertz CT molecular complexity index is 704. The molecule has 2 aromatic heterocycles. The molecule has 2 saturated heterocycles. The van der Waals surface area contributed by atoms with E-state index in [-0.39, 0.29) is 11.3 Å². The number of carbonyl (C=O) groups excluding carboxylic acids is 1. The number of nitrogens with one attached hydrogen (secondary N) is 1. The molecule has 1 N–H and O–H groups in total. The fourth-order valence-electron chi connectivity index (χ4n) is 4.04. The Morgan fingerprint density at radius 1 is 1.40 bits per heavy atom. The van der Waals surface area contributed by atoms with Crippen LogP contribution in [0.2, 0.25) is 0 Å². The quantitative estimate of drug-likeness (QED) is 0.868. The number of rotatable bonds is 6. The van der Waals surface area contributed by atoms with Gasteiger partial charge in [0.2, 0.25) is 5.91 Å². The number of pyridine rings is 1. The van der Waals surface area contributed by atoms with Gasteiger partial charge in [-0.2, -0.15) is 0 Å². The van der Waals surface area contributed by atoms with Crippen molar-refractivity contribution < 1.29 is 13.9 Å². The molecule has 6 nitrogen and oxygen atoms in total. The Morgan fingerprint density at radius 3 is 3.16 bits per heavy atom. The van der Waals surface area contributed by atoms with Crippen LogP contribution in [0.1, 0.15) is 17.7 Å². The molecule has 0 spiro atoms. The van der Waals surface area contributed by atoms with Crippen molar-refractivity contribution in [3.8, 4) is 0 Å². The van der Waals surface area contributed by atoms with E-state index in [2.05, 4.69) is 21.3 Å². The Morgan fingerprint density at radius 2 is 2.36 bits per heavy atom. The molecule has 0 radical (unpaired) electrons. The van der Waals surface area contributed by atoms with Gasteiger partial charge in [0.15, 0.2) is 0 Å². The van der Waals surface area contributed by atoms with Crippen LogP contribution in [0.15, 0.2) is 47.3 Å². The molecule has 6 heteroatoms. The molecule has 4 rings (SSSR count). The minimum Gasteiger partial charge on any atom is -0.467 e. The largest absolute Gasteiger partial charge is 0.467 e. The second-order valence-electron chi connectivity index (χ2n) is 7.14. The normalized spacial score (nSPS) is 25.8. The first-order valence-electron chi connectivity index (χ1n) is 8.72. The molecule has 2 fully saturated rings. The van der Waals surface area contributed by atoms with Crippen LogP contribution in [0, 0.1) is 11.3 Å². The van der Waals surface area contributed by atoms with E-state index >= 15 is 0 Å². The maximum Gasteiger partial charge on any atom is 0.221 e. The van der Waals surface area contributed by atoms with E-state index in [1.165, 1.54) is 5.56 Å². The van der Waals surface area contributed by atoms with Crippen LogP contribution in [-0.2, 0) is 22.6 Å². The number of hydrogen-bond acceptors (Lipinski definition) is 5. The molecule has 2 aliphatic heterocycles. The van der Waals surface area contributed by atoms with Gasteiger partial charge in [0.1, 0.15) is 5.76 Å². The van der Waals surface area contributed by atoms with E-state index in [0.717, 1.165) is 32.0 Å². The van der Waals surface area contributed by atoms with Gasteiger partial charge in [-0.3, -0.25) is 14.7 Å². The molecule has 0 aromatic carbocycles. The van der Waals surface area contributed by atoms with Gasteiger partial charge in [0, 0.05) is 49.8 Å². The van der Waals surface area contributed by atoms with E-state index in [9.17, 15) is 4.79 Å². The highest BCUT2D eigenvalue weighted by Crippen LogP contribution is 2.44. The molecule has 2 atom stereocenters. The van der Waals surface area contributed by atoms with Crippen LogP contribution in [0.5, 0.6) is 0 Å². The first kappa shape index (κ1) is 16.3. The van der Waals surface area contributed by atoms with E-state index in [1.54, 1.807) is 12.5 Å². The van der Waals surface area contributed by atoms with Crippen LogP contribution in [0.4, 0.5) is 0 Å². The summed E-state index contributed by atoms with van der Waals surface area (Å²) in [6.45, 7) is 4.58. The minimum absolute atomic E-state index is 0.0649. The summed E-state index contributed by atoms with van der Waals surface area (Å²) in [6.07, 6.45) is 5.82. The predicted octanol–water partition coefficient (Wildman–Crippen LogP) is 1.83. The molecule has 2 aliphatic rings. The highest BCUT2D eigenvalue weighted by Gasteiger charge is 2.51. The smallest absolute Gasteiger partial charge is 0.221 e. The zero-order valence-electron chi connectivity index (χ0n) is 14.2. The standard InChI is InChI=1S/C19H23N3O3/c23-18(21-9-17-4-2-6-25-17)7-19-13-22(11-16(19)12-24-14-19)10-15-3-1-5-20-8-15/h1-6,8,16H,7,9-14H2,(H,21,23)/t16-,19+/m0/s1. The highest BCUT2D eigenvalue weighted by atomic mass is 16.5. The Kier molecular flexibility index (Phi) is 4.55. The van der Waals surface area contributed by atoms with Crippen molar-refractivity contribution in [3.05, 3.63) is 54.2 Å². The van der Waals surface area contributed by atoms with Crippen LogP contribution in [-0.4, -0.2) is 42.1 Å². The van der Waals surface area contributed by atoms with Crippen molar-refractivity contribution in [1.29, 1.82) is 0 Å². The zero-order chi connectivity index (χ0) is 17.1. The number of carbonyl (C=O) groups is 1. The van der Waals surface area contributed by atoms with Crippen molar-refractivity contribution in [1.82, 2.24) is 15.2 Å². The molecule has 25 heavy (non-hydrogen) atoms. The van der Waals surface area contributed by atoms with Crippen LogP contribution >= 0.6 is 0 Å². The average molecular weight is 341 g/mol. The number of hydrogen-bond donors (Lipinski definition) is 1. The van der Waals surface area contributed by atoms with Crippen LogP contribution in [0.3, 0.4) is 0 Å². The molecule has 0 unspecified atom stereocenters. The maximum absolute atomic E-state index is 12.5. The summed E-state index contributed by atoms with van der Waals surface area (Å²) in [6, 6.07) is 7.76. The first-order valence-corrected chi connectivity index (χ1v) is 8.72. The van der Waals surface area contributed by atoms with Gasteiger partial charge in [0.25, 0.3) is 0 Å². The van der Waals surface area contributed by atoms with Gasteiger partial charge < -0.3 is 14.5 Å². The summed E-state index contributed by atoms with van der Waals surface area (Å²) in [5, 5.41) is 2.97.